The Balaban J connectivity index is 1.42. The molecule has 0 spiro atoms. The van der Waals surface area contributed by atoms with Crippen LogP contribution in [0.5, 0.6) is 11.5 Å². The summed E-state index contributed by atoms with van der Waals surface area (Å²) in [6, 6.07) is 20.0. The Kier molecular flexibility index (Phi) is 8.40. The molecule has 4 heteroatoms. The number of benzene rings is 1. The van der Waals surface area contributed by atoms with E-state index in [1.54, 1.807) is 12.1 Å². The van der Waals surface area contributed by atoms with Crippen LogP contribution in [0.1, 0.15) is 105 Å². The predicted octanol–water partition coefficient (Wildman–Crippen LogP) is 10.4. The minimum absolute atomic E-state index is 0.375. The van der Waals surface area contributed by atoms with Crippen molar-refractivity contribution in [1.82, 2.24) is 0 Å². The molecule has 4 aliphatic carbocycles. The second-order valence-corrected chi connectivity index (χ2v) is 12.8. The summed E-state index contributed by atoms with van der Waals surface area (Å²) in [4.78, 5) is 27.1. The highest BCUT2D eigenvalue weighted by Crippen LogP contribution is 2.39. The maximum Gasteiger partial charge on any atom is 0.344 e. The molecule has 0 fully saturated rings. The van der Waals surface area contributed by atoms with E-state index in [1.165, 1.54) is 11.1 Å². The van der Waals surface area contributed by atoms with Crippen LogP contribution in [-0.2, 0) is 0 Å². The van der Waals surface area contributed by atoms with Gasteiger partial charge in [-0.05, 0) is 144 Å². The van der Waals surface area contributed by atoms with E-state index in [2.05, 4.69) is 64.1 Å². The van der Waals surface area contributed by atoms with Gasteiger partial charge in [-0.3, -0.25) is 0 Å². The molecule has 0 radical (unpaired) electrons. The summed E-state index contributed by atoms with van der Waals surface area (Å²) in [5.41, 5.74) is 13.2. The fourth-order valence-electron chi connectivity index (χ4n) is 6.02. The van der Waals surface area contributed by atoms with E-state index in [9.17, 15) is 9.59 Å². The second kappa shape index (κ2) is 11.9. The van der Waals surface area contributed by atoms with Crippen molar-refractivity contribution in [2.24, 2.45) is 0 Å². The van der Waals surface area contributed by atoms with Crippen LogP contribution in [0, 0.1) is 41.5 Å². The molecule has 1 aromatic rings. The fourth-order valence-corrected chi connectivity index (χ4v) is 6.02. The molecule has 4 nitrogen and oxygen atoms in total. The first-order chi connectivity index (χ1) is 20.8. The van der Waals surface area contributed by atoms with Crippen molar-refractivity contribution in [3.8, 4) is 33.8 Å². The van der Waals surface area contributed by atoms with Crippen LogP contribution in [0.3, 0.4) is 0 Å². The third-order valence-electron chi connectivity index (χ3n) is 8.98. The number of hydrogen-bond donors (Lipinski definition) is 0. The molecule has 0 amide bonds. The number of rotatable bonds is 6. The molecule has 0 saturated heterocycles. The Morgan fingerprint density at radius 1 is 0.500 bits per heavy atom. The highest BCUT2D eigenvalue weighted by atomic mass is 16.5. The highest BCUT2D eigenvalue weighted by molar-refractivity contribution is 6.03. The first-order valence-electron chi connectivity index (χ1n) is 15.4. The Hall–Kier alpha value is -4.44. The average Bonchev–Trinajstić information content (AvgIpc) is 3.32. The monoisotopic (exact) mass is 586 g/mol. The maximum absolute atomic E-state index is 13.6. The lowest BCUT2D eigenvalue weighted by Crippen LogP contribution is -2.12. The van der Waals surface area contributed by atoms with Gasteiger partial charge >= 0.3 is 11.9 Å². The Morgan fingerprint density at radius 3 is 1.20 bits per heavy atom. The zero-order chi connectivity index (χ0) is 32.0. The summed E-state index contributed by atoms with van der Waals surface area (Å²) in [7, 11) is 0. The number of hydrogen-bond acceptors (Lipinski definition) is 4. The topological polar surface area (TPSA) is 52.6 Å². The van der Waals surface area contributed by atoms with Crippen LogP contribution in [0.4, 0.5) is 0 Å². The fraction of sp³-hybridized carbons (Fsp3) is 0.300. The molecule has 0 heterocycles. The van der Waals surface area contributed by atoms with Crippen LogP contribution >= 0.6 is 0 Å². The minimum Gasteiger partial charge on any atom is -0.423 e. The largest absolute Gasteiger partial charge is 0.423 e. The van der Waals surface area contributed by atoms with Gasteiger partial charge in [0.1, 0.15) is 11.5 Å². The number of esters is 2. The summed E-state index contributed by atoms with van der Waals surface area (Å²) < 4.78 is 12.0. The lowest BCUT2D eigenvalue weighted by molar-refractivity contribution is 0.0718. The smallest absolute Gasteiger partial charge is 0.344 e. The molecule has 5 rings (SSSR count). The van der Waals surface area contributed by atoms with E-state index in [1.807, 2.05) is 53.7 Å². The van der Waals surface area contributed by atoms with E-state index in [4.69, 9.17) is 9.47 Å². The number of ether oxygens (including phenoxy) is 2. The summed E-state index contributed by atoms with van der Waals surface area (Å²) >= 11 is 0. The van der Waals surface area contributed by atoms with E-state index >= 15 is 0 Å². The predicted molar refractivity (Wildman–Crippen MR) is 179 cm³/mol. The number of carbonyl (C=O) groups is 2. The van der Waals surface area contributed by atoms with Crippen molar-refractivity contribution in [1.29, 1.82) is 0 Å². The molecule has 0 saturated carbocycles. The summed E-state index contributed by atoms with van der Waals surface area (Å²) in [6.45, 7) is 20.6. The molecular weight excluding hydrogens is 544 g/mol. The van der Waals surface area contributed by atoms with Gasteiger partial charge in [0.25, 0.3) is 0 Å². The van der Waals surface area contributed by atoms with E-state index < -0.39 is 11.9 Å². The van der Waals surface area contributed by atoms with Crippen molar-refractivity contribution in [2.45, 2.75) is 81.1 Å². The molecule has 0 aromatic heterocycles. The van der Waals surface area contributed by atoms with Crippen LogP contribution in [0.2, 0.25) is 0 Å². The van der Waals surface area contributed by atoms with Crippen molar-refractivity contribution in [3.63, 3.8) is 0 Å². The van der Waals surface area contributed by atoms with Crippen molar-refractivity contribution < 1.29 is 19.1 Å². The number of carbonyl (C=O) groups excluding carboxylic acids is 2. The lowest BCUT2D eigenvalue weighted by atomic mass is 10.0. The molecule has 226 valence electrons. The van der Waals surface area contributed by atoms with Crippen molar-refractivity contribution >= 4 is 11.9 Å². The zero-order valence-electron chi connectivity index (χ0n) is 27.6. The summed E-state index contributed by atoms with van der Waals surface area (Å²) in [6.07, 6.45) is 0. The molecule has 4 aliphatic rings. The zero-order valence-corrected chi connectivity index (χ0v) is 27.6. The Bertz CT molecular complexity index is 1720. The summed E-state index contributed by atoms with van der Waals surface area (Å²) in [5, 5.41) is 0. The average molecular weight is 587 g/mol. The normalized spacial score (nSPS) is 11.5. The lowest BCUT2D eigenvalue weighted by Gasteiger charge is -2.14. The van der Waals surface area contributed by atoms with Gasteiger partial charge in [0.05, 0.1) is 11.1 Å². The first-order valence-corrected chi connectivity index (χ1v) is 15.4. The quantitative estimate of drug-likeness (QED) is 0.147. The van der Waals surface area contributed by atoms with Gasteiger partial charge in [-0.15, -0.1) is 0 Å². The molecule has 1 aromatic carbocycles. The molecule has 0 aliphatic heterocycles. The number of aryl methyl sites for hydroxylation is 4. The minimum atomic E-state index is -0.404. The van der Waals surface area contributed by atoms with Crippen molar-refractivity contribution in [2.75, 3.05) is 0 Å². The van der Waals surface area contributed by atoms with E-state index in [0.29, 0.717) is 34.5 Å². The van der Waals surface area contributed by atoms with Crippen LogP contribution in [-0.4, -0.2) is 11.9 Å². The van der Waals surface area contributed by atoms with E-state index in [0.717, 1.165) is 55.6 Å². The van der Waals surface area contributed by atoms with Crippen molar-refractivity contribution in [3.05, 3.63) is 116 Å². The van der Waals surface area contributed by atoms with Gasteiger partial charge in [-0.25, -0.2) is 9.59 Å². The van der Waals surface area contributed by atoms with Crippen LogP contribution in [0.25, 0.3) is 22.3 Å². The molecule has 0 atom stereocenters. The Morgan fingerprint density at radius 2 is 0.864 bits per heavy atom. The Labute approximate surface area is 261 Å². The van der Waals surface area contributed by atoms with Gasteiger partial charge in [-0.2, -0.15) is 0 Å². The van der Waals surface area contributed by atoms with Gasteiger partial charge in [0.15, 0.2) is 0 Å². The summed E-state index contributed by atoms with van der Waals surface area (Å²) in [5.74, 6) is 0.828. The van der Waals surface area contributed by atoms with Gasteiger partial charge in [0.2, 0.25) is 0 Å². The third kappa shape index (κ3) is 5.61. The highest BCUT2D eigenvalue weighted by Gasteiger charge is 2.26. The first kappa shape index (κ1) is 31.0. The number of fused-ring (bicyclic) bond motifs is 2. The van der Waals surface area contributed by atoms with Gasteiger partial charge in [0, 0.05) is 0 Å². The standard InChI is InChI=1S/C40H42O4/c1-21(2)29-13-11-23(5)37-31(19-29)25(7)17-33(37)39(41)43-35-15-16-36(28(10)27(35)9)44-40(42)34-18-26(8)32-20-30(22(3)4)14-12-24(6)38(32)34/h11-22H,1-10H3. The molecule has 44 heavy (non-hydrogen) atoms. The molecular formula is C40H42O4. The van der Waals surface area contributed by atoms with Gasteiger partial charge < -0.3 is 9.47 Å². The van der Waals surface area contributed by atoms with Gasteiger partial charge in [-0.1, -0.05) is 64.1 Å². The third-order valence-corrected chi connectivity index (χ3v) is 8.98. The van der Waals surface area contributed by atoms with Crippen LogP contribution < -0.4 is 9.47 Å². The molecule has 0 bridgehead atoms. The van der Waals surface area contributed by atoms with Crippen LogP contribution in [0.15, 0.2) is 60.7 Å². The molecule has 0 unspecified atom stereocenters. The second-order valence-electron chi connectivity index (χ2n) is 12.8. The van der Waals surface area contributed by atoms with E-state index in [-0.39, 0.29) is 0 Å². The maximum atomic E-state index is 13.6. The SMILES string of the molecule is Cc1cc(C(=O)Oc2ccc(OC(=O)c3cc(C)c4cc(C(C)C)ccc(C)c3-4)c(C)c2C)c2c(C)ccc(C(C)C)cc1-2. The molecule has 0 N–H and O–H groups in total.